The van der Waals surface area contributed by atoms with Crippen LogP contribution in [0.15, 0.2) is 16.1 Å². The summed E-state index contributed by atoms with van der Waals surface area (Å²) in [5.41, 5.74) is -0.343. The second kappa shape index (κ2) is 6.18. The first kappa shape index (κ1) is 14.0. The highest BCUT2D eigenvalue weighted by Gasteiger charge is 2.20. The van der Waals surface area contributed by atoms with Gasteiger partial charge in [0, 0.05) is 32.1 Å². The standard InChI is InChI=1S/C11H15N3O4S/c1-18-6-7(15)4-12-9(16)8-5-13-11-14(10(8)17)2-3-19-11/h5,7,15H,2-4,6H2,1H3,(H,12,16). The van der Waals surface area contributed by atoms with Gasteiger partial charge in [-0.15, -0.1) is 0 Å². The highest BCUT2D eigenvalue weighted by molar-refractivity contribution is 7.99. The number of carbonyl (C=O) groups excluding carboxylic acids is 1. The number of thioether (sulfide) groups is 1. The van der Waals surface area contributed by atoms with Crippen molar-refractivity contribution in [2.24, 2.45) is 0 Å². The van der Waals surface area contributed by atoms with E-state index in [1.165, 1.54) is 29.6 Å². The molecule has 8 heteroatoms. The Labute approximate surface area is 114 Å². The summed E-state index contributed by atoms with van der Waals surface area (Å²) < 4.78 is 6.23. The van der Waals surface area contributed by atoms with Crippen LogP contribution in [0.2, 0.25) is 0 Å². The average molecular weight is 285 g/mol. The molecule has 1 aromatic heterocycles. The molecule has 0 spiro atoms. The van der Waals surface area contributed by atoms with Gasteiger partial charge in [-0.3, -0.25) is 14.2 Å². The Hall–Kier alpha value is -1.38. The smallest absolute Gasteiger partial charge is 0.267 e. The maximum Gasteiger partial charge on any atom is 0.267 e. The molecule has 0 aromatic carbocycles. The molecule has 19 heavy (non-hydrogen) atoms. The molecule has 2 rings (SSSR count). The molecule has 1 amide bonds. The summed E-state index contributed by atoms with van der Waals surface area (Å²) in [7, 11) is 1.46. The van der Waals surface area contributed by atoms with Crippen molar-refractivity contribution < 1.29 is 14.6 Å². The zero-order valence-electron chi connectivity index (χ0n) is 10.5. The van der Waals surface area contributed by atoms with E-state index in [0.717, 1.165) is 5.75 Å². The van der Waals surface area contributed by atoms with Gasteiger partial charge in [-0.05, 0) is 0 Å². The Morgan fingerprint density at radius 2 is 2.53 bits per heavy atom. The lowest BCUT2D eigenvalue weighted by Gasteiger charge is -2.11. The molecule has 1 unspecified atom stereocenters. The van der Waals surface area contributed by atoms with Crippen LogP contribution >= 0.6 is 11.8 Å². The maximum absolute atomic E-state index is 12.0. The Balaban J connectivity index is 2.06. The summed E-state index contributed by atoms with van der Waals surface area (Å²) in [6, 6.07) is 0. The second-order valence-electron chi connectivity index (χ2n) is 4.08. The number of carbonyl (C=O) groups is 1. The number of nitrogens with zero attached hydrogens (tertiary/aromatic N) is 2. The average Bonchev–Trinajstić information content (AvgIpc) is 2.86. The van der Waals surface area contributed by atoms with Gasteiger partial charge in [0.05, 0.1) is 12.7 Å². The molecule has 104 valence electrons. The number of aliphatic hydroxyl groups excluding tert-OH is 1. The van der Waals surface area contributed by atoms with Crippen LogP contribution in [0.25, 0.3) is 0 Å². The predicted octanol–water partition coefficient (Wildman–Crippen LogP) is -0.914. The number of ether oxygens (including phenoxy) is 1. The van der Waals surface area contributed by atoms with Gasteiger partial charge < -0.3 is 15.2 Å². The molecular weight excluding hydrogens is 270 g/mol. The molecule has 2 heterocycles. The van der Waals surface area contributed by atoms with Gasteiger partial charge in [-0.2, -0.15) is 0 Å². The summed E-state index contributed by atoms with van der Waals surface area (Å²) in [5.74, 6) is 0.264. The van der Waals surface area contributed by atoms with Crippen LogP contribution < -0.4 is 10.9 Å². The van der Waals surface area contributed by atoms with E-state index < -0.39 is 12.0 Å². The molecule has 0 radical (unpaired) electrons. The van der Waals surface area contributed by atoms with Gasteiger partial charge in [-0.1, -0.05) is 11.8 Å². The molecule has 1 aliphatic rings. The molecular formula is C11H15N3O4S. The zero-order chi connectivity index (χ0) is 13.8. The molecule has 0 saturated heterocycles. The molecule has 0 bridgehead atoms. The molecule has 0 saturated carbocycles. The van der Waals surface area contributed by atoms with Crippen molar-refractivity contribution in [1.29, 1.82) is 0 Å². The Morgan fingerprint density at radius 3 is 3.26 bits per heavy atom. The van der Waals surface area contributed by atoms with Gasteiger partial charge in [0.25, 0.3) is 11.5 Å². The first-order valence-electron chi connectivity index (χ1n) is 5.81. The van der Waals surface area contributed by atoms with Crippen molar-refractivity contribution in [2.45, 2.75) is 17.8 Å². The highest BCUT2D eigenvalue weighted by Crippen LogP contribution is 2.20. The van der Waals surface area contributed by atoms with Crippen molar-refractivity contribution in [3.63, 3.8) is 0 Å². The zero-order valence-corrected chi connectivity index (χ0v) is 11.3. The number of fused-ring (bicyclic) bond motifs is 1. The molecule has 1 aliphatic heterocycles. The minimum absolute atomic E-state index is 0.00383. The van der Waals surface area contributed by atoms with Gasteiger partial charge >= 0.3 is 0 Å². The quantitative estimate of drug-likeness (QED) is 0.680. The van der Waals surface area contributed by atoms with Gasteiger partial charge in [0.15, 0.2) is 5.16 Å². The van der Waals surface area contributed by atoms with E-state index in [9.17, 15) is 14.7 Å². The summed E-state index contributed by atoms with van der Waals surface area (Å²) >= 11 is 1.49. The topological polar surface area (TPSA) is 93.4 Å². The van der Waals surface area contributed by atoms with Gasteiger partial charge in [0.2, 0.25) is 0 Å². The number of aromatic nitrogens is 2. The third-order valence-corrected chi connectivity index (χ3v) is 3.63. The van der Waals surface area contributed by atoms with E-state index in [2.05, 4.69) is 10.3 Å². The first-order valence-corrected chi connectivity index (χ1v) is 6.80. The van der Waals surface area contributed by atoms with E-state index in [4.69, 9.17) is 4.74 Å². The second-order valence-corrected chi connectivity index (χ2v) is 5.14. The number of aliphatic hydroxyl groups is 1. The number of amides is 1. The molecule has 2 N–H and O–H groups in total. The number of hydrogen-bond donors (Lipinski definition) is 2. The van der Waals surface area contributed by atoms with E-state index in [0.29, 0.717) is 11.7 Å². The predicted molar refractivity (Wildman–Crippen MR) is 69.4 cm³/mol. The van der Waals surface area contributed by atoms with Crippen molar-refractivity contribution in [3.05, 3.63) is 22.1 Å². The molecule has 0 aliphatic carbocycles. The minimum atomic E-state index is -0.797. The molecule has 1 atom stereocenters. The van der Waals surface area contributed by atoms with Crippen molar-refractivity contribution in [3.8, 4) is 0 Å². The first-order chi connectivity index (χ1) is 9.13. The summed E-state index contributed by atoms with van der Waals surface area (Å²) in [6.07, 6.45) is 0.486. The van der Waals surface area contributed by atoms with Crippen LogP contribution in [0.4, 0.5) is 0 Å². The fourth-order valence-corrected chi connectivity index (χ4v) is 2.64. The van der Waals surface area contributed by atoms with E-state index >= 15 is 0 Å². The van der Waals surface area contributed by atoms with Crippen molar-refractivity contribution in [2.75, 3.05) is 26.0 Å². The van der Waals surface area contributed by atoms with Crippen LogP contribution in [0, 0.1) is 0 Å². The van der Waals surface area contributed by atoms with E-state index in [-0.39, 0.29) is 24.3 Å². The van der Waals surface area contributed by atoms with Crippen LogP contribution in [0.3, 0.4) is 0 Å². The van der Waals surface area contributed by atoms with Crippen LogP contribution in [0.1, 0.15) is 10.4 Å². The van der Waals surface area contributed by atoms with E-state index in [1.807, 2.05) is 0 Å². The number of nitrogens with one attached hydrogen (secondary N) is 1. The SMILES string of the molecule is COCC(O)CNC(=O)c1cnc2n(c1=O)CCS2. The number of rotatable bonds is 5. The fraction of sp³-hybridized carbons (Fsp3) is 0.545. The minimum Gasteiger partial charge on any atom is -0.389 e. The maximum atomic E-state index is 12.0. The third-order valence-electron chi connectivity index (χ3n) is 2.66. The Kier molecular flexibility index (Phi) is 4.56. The highest BCUT2D eigenvalue weighted by atomic mass is 32.2. The van der Waals surface area contributed by atoms with E-state index in [1.54, 1.807) is 0 Å². The van der Waals surface area contributed by atoms with Crippen LogP contribution in [-0.2, 0) is 11.3 Å². The number of methoxy groups -OCH3 is 1. The van der Waals surface area contributed by atoms with Gasteiger partial charge in [-0.25, -0.2) is 4.98 Å². The van der Waals surface area contributed by atoms with Gasteiger partial charge in [0.1, 0.15) is 5.56 Å². The molecule has 0 fully saturated rings. The monoisotopic (exact) mass is 285 g/mol. The Bertz CT molecular complexity index is 531. The summed E-state index contributed by atoms with van der Waals surface area (Å²) in [6.45, 7) is 0.722. The Morgan fingerprint density at radius 1 is 1.74 bits per heavy atom. The number of hydrogen-bond acceptors (Lipinski definition) is 6. The van der Waals surface area contributed by atoms with Crippen LogP contribution in [-0.4, -0.2) is 52.7 Å². The lowest BCUT2D eigenvalue weighted by Crippen LogP contribution is -2.38. The van der Waals surface area contributed by atoms with Crippen molar-refractivity contribution >= 4 is 17.7 Å². The third kappa shape index (κ3) is 3.14. The lowest BCUT2D eigenvalue weighted by atomic mass is 10.3. The molecule has 7 nitrogen and oxygen atoms in total. The molecule has 1 aromatic rings. The summed E-state index contributed by atoms with van der Waals surface area (Å²) in [5, 5.41) is 12.6. The lowest BCUT2D eigenvalue weighted by molar-refractivity contribution is 0.0609. The van der Waals surface area contributed by atoms with Crippen LogP contribution in [0.5, 0.6) is 0 Å². The fourth-order valence-electron chi connectivity index (χ4n) is 1.73. The largest absolute Gasteiger partial charge is 0.389 e. The summed E-state index contributed by atoms with van der Waals surface area (Å²) in [4.78, 5) is 28.0. The van der Waals surface area contributed by atoms with Crippen molar-refractivity contribution in [1.82, 2.24) is 14.9 Å². The normalized spacial score (nSPS) is 15.1.